The van der Waals surface area contributed by atoms with Gasteiger partial charge in [0.25, 0.3) is 0 Å². The normalized spacial score (nSPS) is 12.5. The molecule has 2 aromatic carbocycles. The quantitative estimate of drug-likeness (QED) is 0.623. The Labute approximate surface area is 131 Å². The topological polar surface area (TPSA) is 55.4 Å². The van der Waals surface area contributed by atoms with E-state index < -0.39 is 0 Å². The van der Waals surface area contributed by atoms with Crippen LogP contribution in [0.2, 0.25) is 0 Å². The third-order valence-corrected chi connectivity index (χ3v) is 3.85. The SMILES string of the molecule is Cc1cccc(C)c1C=Cc1cccc(C(CCN)N=O)c1. The third kappa shape index (κ3) is 3.89. The van der Waals surface area contributed by atoms with Gasteiger partial charge in [-0.25, -0.2) is 0 Å². The Balaban J connectivity index is 2.27. The van der Waals surface area contributed by atoms with Gasteiger partial charge < -0.3 is 5.73 Å². The van der Waals surface area contributed by atoms with Crippen LogP contribution in [0.25, 0.3) is 12.2 Å². The summed E-state index contributed by atoms with van der Waals surface area (Å²) in [5.74, 6) is 0. The van der Waals surface area contributed by atoms with Crippen LogP contribution in [0.3, 0.4) is 0 Å². The molecule has 1 atom stereocenters. The van der Waals surface area contributed by atoms with E-state index in [0.717, 1.165) is 11.1 Å². The van der Waals surface area contributed by atoms with Gasteiger partial charge in [-0.15, -0.1) is 0 Å². The predicted octanol–water partition coefficient (Wildman–Crippen LogP) is 4.63. The second-order valence-corrected chi connectivity index (χ2v) is 5.51. The minimum atomic E-state index is -0.362. The Morgan fingerprint density at radius 3 is 2.41 bits per heavy atom. The first kappa shape index (κ1) is 16.1. The fourth-order valence-corrected chi connectivity index (χ4v) is 2.58. The van der Waals surface area contributed by atoms with Gasteiger partial charge in [-0.2, -0.15) is 4.91 Å². The molecule has 0 radical (unpaired) electrons. The first-order valence-electron chi connectivity index (χ1n) is 7.52. The molecule has 1 unspecified atom stereocenters. The second kappa shape index (κ2) is 7.66. The molecule has 0 aliphatic carbocycles. The average molecular weight is 294 g/mol. The van der Waals surface area contributed by atoms with Gasteiger partial charge >= 0.3 is 0 Å². The molecule has 3 heteroatoms. The maximum Gasteiger partial charge on any atom is 0.118 e. The van der Waals surface area contributed by atoms with Crippen LogP contribution in [-0.2, 0) is 0 Å². The summed E-state index contributed by atoms with van der Waals surface area (Å²) in [7, 11) is 0. The lowest BCUT2D eigenvalue weighted by Crippen LogP contribution is -2.05. The van der Waals surface area contributed by atoms with Gasteiger partial charge in [0, 0.05) is 0 Å². The van der Waals surface area contributed by atoms with E-state index in [1.807, 2.05) is 24.3 Å². The molecule has 0 saturated carbocycles. The lowest BCUT2D eigenvalue weighted by atomic mass is 9.99. The van der Waals surface area contributed by atoms with E-state index in [-0.39, 0.29) is 6.04 Å². The van der Waals surface area contributed by atoms with Gasteiger partial charge in [-0.3, -0.25) is 0 Å². The van der Waals surface area contributed by atoms with Gasteiger partial charge in [0.1, 0.15) is 6.04 Å². The third-order valence-electron chi connectivity index (χ3n) is 3.85. The molecule has 0 amide bonds. The Kier molecular flexibility index (Phi) is 5.61. The summed E-state index contributed by atoms with van der Waals surface area (Å²) >= 11 is 0. The van der Waals surface area contributed by atoms with Gasteiger partial charge in [0.15, 0.2) is 0 Å². The van der Waals surface area contributed by atoms with Gasteiger partial charge in [0.2, 0.25) is 0 Å². The zero-order valence-electron chi connectivity index (χ0n) is 13.1. The van der Waals surface area contributed by atoms with Crippen molar-refractivity contribution in [1.29, 1.82) is 0 Å². The molecule has 22 heavy (non-hydrogen) atoms. The summed E-state index contributed by atoms with van der Waals surface area (Å²) in [4.78, 5) is 11.0. The van der Waals surface area contributed by atoms with Crippen molar-refractivity contribution in [2.45, 2.75) is 26.3 Å². The number of nitrogens with zero attached hydrogens (tertiary/aromatic N) is 1. The number of hydrogen-bond donors (Lipinski definition) is 1. The van der Waals surface area contributed by atoms with Crippen molar-refractivity contribution in [2.24, 2.45) is 10.9 Å². The Morgan fingerprint density at radius 2 is 1.77 bits per heavy atom. The first-order chi connectivity index (χ1) is 10.7. The van der Waals surface area contributed by atoms with Crippen LogP contribution in [-0.4, -0.2) is 6.54 Å². The van der Waals surface area contributed by atoms with Crippen molar-refractivity contribution in [3.63, 3.8) is 0 Å². The first-order valence-corrected chi connectivity index (χ1v) is 7.52. The molecule has 2 rings (SSSR count). The zero-order chi connectivity index (χ0) is 15.9. The van der Waals surface area contributed by atoms with Crippen LogP contribution in [0, 0.1) is 18.8 Å². The highest BCUT2D eigenvalue weighted by molar-refractivity contribution is 5.72. The summed E-state index contributed by atoms with van der Waals surface area (Å²) < 4.78 is 0. The summed E-state index contributed by atoms with van der Waals surface area (Å²) in [5, 5.41) is 3.18. The fraction of sp³-hybridized carbons (Fsp3) is 0.263. The zero-order valence-corrected chi connectivity index (χ0v) is 13.1. The maximum absolute atomic E-state index is 11.0. The molecular formula is C19H22N2O. The lowest BCUT2D eigenvalue weighted by Gasteiger charge is -2.09. The highest BCUT2D eigenvalue weighted by Gasteiger charge is 2.10. The molecule has 0 heterocycles. The van der Waals surface area contributed by atoms with E-state index in [2.05, 4.69) is 49.4 Å². The van der Waals surface area contributed by atoms with E-state index in [0.29, 0.717) is 13.0 Å². The van der Waals surface area contributed by atoms with Crippen LogP contribution in [0.15, 0.2) is 47.6 Å². The van der Waals surface area contributed by atoms with E-state index in [1.54, 1.807) is 0 Å². The summed E-state index contributed by atoms with van der Waals surface area (Å²) in [6.45, 7) is 4.67. The number of aryl methyl sites for hydroxylation is 2. The van der Waals surface area contributed by atoms with E-state index >= 15 is 0 Å². The Hall–Kier alpha value is -2.26. The summed E-state index contributed by atoms with van der Waals surface area (Å²) in [5.41, 5.74) is 11.3. The lowest BCUT2D eigenvalue weighted by molar-refractivity contribution is 0.659. The molecule has 0 aliphatic rings. The number of hydrogen-bond acceptors (Lipinski definition) is 3. The molecule has 0 aliphatic heterocycles. The molecular weight excluding hydrogens is 272 g/mol. The number of nitroso groups, excluding NO2 is 1. The minimum absolute atomic E-state index is 0.362. The molecule has 0 aromatic heterocycles. The predicted molar refractivity (Wildman–Crippen MR) is 93.5 cm³/mol. The average Bonchev–Trinajstić information content (AvgIpc) is 2.52. The van der Waals surface area contributed by atoms with Crippen LogP contribution >= 0.6 is 0 Å². The van der Waals surface area contributed by atoms with E-state index in [4.69, 9.17) is 5.73 Å². The molecule has 0 fully saturated rings. The van der Waals surface area contributed by atoms with Crippen molar-refractivity contribution in [3.8, 4) is 0 Å². The smallest absolute Gasteiger partial charge is 0.118 e. The largest absolute Gasteiger partial charge is 0.330 e. The Bertz CT molecular complexity index is 657. The Morgan fingerprint density at radius 1 is 1.09 bits per heavy atom. The summed E-state index contributed by atoms with van der Waals surface area (Å²) in [6, 6.07) is 13.8. The fourth-order valence-electron chi connectivity index (χ4n) is 2.58. The van der Waals surface area contributed by atoms with Crippen molar-refractivity contribution < 1.29 is 0 Å². The molecule has 2 aromatic rings. The molecule has 0 bridgehead atoms. The minimum Gasteiger partial charge on any atom is -0.330 e. The van der Waals surface area contributed by atoms with Crippen LogP contribution in [0.1, 0.15) is 40.3 Å². The van der Waals surface area contributed by atoms with Crippen LogP contribution in [0.4, 0.5) is 0 Å². The molecule has 114 valence electrons. The maximum atomic E-state index is 11.0. The second-order valence-electron chi connectivity index (χ2n) is 5.51. The monoisotopic (exact) mass is 294 g/mol. The number of nitrogens with two attached hydrogens (primary N) is 1. The van der Waals surface area contributed by atoms with E-state index in [9.17, 15) is 4.91 Å². The van der Waals surface area contributed by atoms with Gasteiger partial charge in [-0.05, 0) is 60.7 Å². The van der Waals surface area contributed by atoms with E-state index in [1.165, 1.54) is 16.7 Å². The van der Waals surface area contributed by atoms with Gasteiger partial charge in [-0.1, -0.05) is 53.7 Å². The van der Waals surface area contributed by atoms with Crippen molar-refractivity contribution in [3.05, 3.63) is 75.2 Å². The molecule has 3 nitrogen and oxygen atoms in total. The van der Waals surface area contributed by atoms with Crippen molar-refractivity contribution in [1.82, 2.24) is 0 Å². The summed E-state index contributed by atoms with van der Waals surface area (Å²) in [6.07, 6.45) is 4.77. The molecule has 2 N–H and O–H groups in total. The highest BCUT2D eigenvalue weighted by atomic mass is 16.3. The molecule has 0 saturated heterocycles. The number of rotatable bonds is 6. The standard InChI is InChI=1S/C19H22N2O/c1-14-5-3-6-15(2)18(14)10-9-16-7-4-8-17(13-16)19(21-22)11-12-20/h3-10,13,19H,11-12,20H2,1-2H3. The van der Waals surface area contributed by atoms with Crippen molar-refractivity contribution in [2.75, 3.05) is 6.54 Å². The highest BCUT2D eigenvalue weighted by Crippen LogP contribution is 2.23. The number of benzene rings is 2. The van der Waals surface area contributed by atoms with Crippen LogP contribution in [0.5, 0.6) is 0 Å². The molecule has 0 spiro atoms. The van der Waals surface area contributed by atoms with Crippen LogP contribution < -0.4 is 5.73 Å². The van der Waals surface area contributed by atoms with Gasteiger partial charge in [0.05, 0.1) is 0 Å². The van der Waals surface area contributed by atoms with Crippen molar-refractivity contribution >= 4 is 12.2 Å².